The summed E-state index contributed by atoms with van der Waals surface area (Å²) in [7, 11) is 0. The molecule has 2 rings (SSSR count). The highest BCUT2D eigenvalue weighted by Gasteiger charge is 2.30. The van der Waals surface area contributed by atoms with E-state index in [1.165, 1.54) is 24.3 Å². The van der Waals surface area contributed by atoms with Crippen molar-refractivity contribution in [2.24, 2.45) is 0 Å². The van der Waals surface area contributed by atoms with Gasteiger partial charge in [-0.25, -0.2) is 4.39 Å². The topological polar surface area (TPSA) is 0 Å². The number of rotatable bonds is 3. The number of alkyl halides is 4. The molecule has 1 unspecified atom stereocenters. The number of halogens is 6. The van der Waals surface area contributed by atoms with Crippen molar-refractivity contribution in [3.63, 3.8) is 0 Å². The lowest BCUT2D eigenvalue weighted by Gasteiger charge is -2.13. The summed E-state index contributed by atoms with van der Waals surface area (Å²) in [4.78, 5) is -0.206. The number of hydrogen-bond donors (Lipinski definition) is 0. The summed E-state index contributed by atoms with van der Waals surface area (Å²) < 4.78 is 50.4. The Labute approximate surface area is 132 Å². The highest BCUT2D eigenvalue weighted by Crippen LogP contribution is 2.34. The van der Waals surface area contributed by atoms with Crippen LogP contribution < -0.4 is 0 Å². The minimum absolute atomic E-state index is 0.206. The molecule has 2 aromatic carbocycles. The maximum atomic E-state index is 13.0. The molecule has 0 fully saturated rings. The summed E-state index contributed by atoms with van der Waals surface area (Å²) in [6, 6.07) is 8.99. The lowest BCUT2D eigenvalue weighted by molar-refractivity contribution is -0.137. The van der Waals surface area contributed by atoms with Gasteiger partial charge >= 0.3 is 6.18 Å². The first-order chi connectivity index (χ1) is 9.77. The van der Waals surface area contributed by atoms with Crippen molar-refractivity contribution >= 4 is 27.5 Å². The minimum Gasteiger partial charge on any atom is -0.207 e. The summed E-state index contributed by atoms with van der Waals surface area (Å²) in [5, 5.41) is 0.281. The third-order valence-corrected chi connectivity index (χ3v) is 4.14. The van der Waals surface area contributed by atoms with Gasteiger partial charge in [0.1, 0.15) is 5.82 Å². The largest absolute Gasteiger partial charge is 0.416 e. The molecule has 0 heterocycles. The van der Waals surface area contributed by atoms with Crippen molar-refractivity contribution in [2.45, 2.75) is 17.4 Å². The van der Waals surface area contributed by atoms with Crippen molar-refractivity contribution in [1.82, 2.24) is 0 Å². The average Bonchev–Trinajstić information content (AvgIpc) is 2.38. The fourth-order valence-electron chi connectivity index (χ4n) is 1.90. The summed E-state index contributed by atoms with van der Waals surface area (Å²) in [5.74, 6) is -0.432. The third kappa shape index (κ3) is 4.20. The van der Waals surface area contributed by atoms with Gasteiger partial charge in [0.2, 0.25) is 0 Å². The van der Waals surface area contributed by atoms with Gasteiger partial charge in [-0.15, -0.1) is 0 Å². The monoisotopic (exact) mass is 380 g/mol. The van der Waals surface area contributed by atoms with E-state index in [1.807, 2.05) is 0 Å². The molecule has 0 aliphatic rings. The maximum Gasteiger partial charge on any atom is 0.416 e. The van der Waals surface area contributed by atoms with Crippen LogP contribution in [0.25, 0.3) is 0 Å². The van der Waals surface area contributed by atoms with E-state index in [9.17, 15) is 17.6 Å². The van der Waals surface area contributed by atoms with Gasteiger partial charge in [0, 0.05) is 9.85 Å². The van der Waals surface area contributed by atoms with E-state index in [0.717, 1.165) is 17.7 Å². The second-order valence-corrected chi connectivity index (χ2v) is 6.04. The van der Waals surface area contributed by atoms with E-state index >= 15 is 0 Å². The summed E-state index contributed by atoms with van der Waals surface area (Å²) in [6.45, 7) is 0. The molecule has 0 saturated heterocycles. The molecule has 0 radical (unpaired) electrons. The van der Waals surface area contributed by atoms with Gasteiger partial charge in [0.25, 0.3) is 0 Å². The first kappa shape index (κ1) is 16.3. The van der Waals surface area contributed by atoms with E-state index in [2.05, 4.69) is 15.9 Å². The first-order valence-corrected chi connectivity index (χ1v) is 7.32. The summed E-state index contributed by atoms with van der Waals surface area (Å²) in [5.41, 5.74) is 0.736. The smallest absolute Gasteiger partial charge is 0.207 e. The van der Waals surface area contributed by atoms with Gasteiger partial charge in [-0.05, 0) is 41.8 Å². The minimum atomic E-state index is -4.34. The molecule has 112 valence electrons. The standard InChI is InChI=1S/C15H10BrClF4/c16-13(12-6-5-11(18)8-14(12)17)7-9-1-3-10(4-2-9)15(19,20)21/h1-6,8,13H,7H2. The van der Waals surface area contributed by atoms with E-state index in [-0.39, 0.29) is 9.85 Å². The number of benzene rings is 2. The fourth-order valence-corrected chi connectivity index (χ4v) is 3.11. The van der Waals surface area contributed by atoms with E-state index in [0.29, 0.717) is 12.0 Å². The summed E-state index contributed by atoms with van der Waals surface area (Å²) >= 11 is 9.38. The van der Waals surface area contributed by atoms with E-state index < -0.39 is 17.6 Å². The highest BCUT2D eigenvalue weighted by molar-refractivity contribution is 9.09. The molecule has 2 aromatic rings. The molecular weight excluding hydrogens is 372 g/mol. The molecule has 1 atom stereocenters. The maximum absolute atomic E-state index is 13.0. The van der Waals surface area contributed by atoms with Crippen LogP contribution in [0.1, 0.15) is 21.5 Å². The third-order valence-electron chi connectivity index (χ3n) is 3.00. The van der Waals surface area contributed by atoms with Crippen LogP contribution in [0.4, 0.5) is 17.6 Å². The van der Waals surface area contributed by atoms with Crippen LogP contribution in [-0.4, -0.2) is 0 Å². The van der Waals surface area contributed by atoms with Crippen molar-refractivity contribution in [3.8, 4) is 0 Å². The first-order valence-electron chi connectivity index (χ1n) is 6.02. The van der Waals surface area contributed by atoms with Gasteiger partial charge in [-0.3, -0.25) is 0 Å². The predicted molar refractivity (Wildman–Crippen MR) is 78.2 cm³/mol. The lowest BCUT2D eigenvalue weighted by Crippen LogP contribution is -2.05. The van der Waals surface area contributed by atoms with Crippen LogP contribution >= 0.6 is 27.5 Å². The quantitative estimate of drug-likeness (QED) is 0.440. The van der Waals surface area contributed by atoms with Crippen LogP contribution in [-0.2, 0) is 12.6 Å². The Balaban J connectivity index is 2.14. The van der Waals surface area contributed by atoms with Crippen LogP contribution in [0, 0.1) is 5.82 Å². The molecule has 6 heteroatoms. The normalized spacial score (nSPS) is 13.2. The second kappa shape index (κ2) is 6.36. The second-order valence-electron chi connectivity index (χ2n) is 4.53. The van der Waals surface area contributed by atoms with Gasteiger partial charge in [-0.2, -0.15) is 13.2 Å². The highest BCUT2D eigenvalue weighted by atomic mass is 79.9. The van der Waals surface area contributed by atoms with Crippen LogP contribution in [0.15, 0.2) is 42.5 Å². The van der Waals surface area contributed by atoms with Crippen molar-refractivity contribution in [1.29, 1.82) is 0 Å². The van der Waals surface area contributed by atoms with Gasteiger partial charge in [0.15, 0.2) is 0 Å². The Morgan fingerprint density at radius 1 is 1.05 bits per heavy atom. The Hall–Kier alpha value is -1.07. The van der Waals surface area contributed by atoms with Gasteiger partial charge in [-0.1, -0.05) is 45.7 Å². The Kier molecular flexibility index (Phi) is 4.94. The zero-order chi connectivity index (χ0) is 15.6. The van der Waals surface area contributed by atoms with Gasteiger partial charge in [0.05, 0.1) is 5.56 Å². The van der Waals surface area contributed by atoms with E-state index in [1.54, 1.807) is 6.07 Å². The zero-order valence-electron chi connectivity index (χ0n) is 10.6. The average molecular weight is 382 g/mol. The predicted octanol–water partition coefficient (Wildman–Crippen LogP) is 6.18. The molecule has 0 amide bonds. The molecule has 0 aromatic heterocycles. The molecule has 0 aliphatic carbocycles. The van der Waals surface area contributed by atoms with Crippen molar-refractivity contribution in [3.05, 3.63) is 70.0 Å². The summed E-state index contributed by atoms with van der Waals surface area (Å²) in [6.07, 6.45) is -3.89. The molecule has 0 N–H and O–H groups in total. The lowest BCUT2D eigenvalue weighted by atomic mass is 10.0. The SMILES string of the molecule is Fc1ccc(C(Br)Cc2ccc(C(F)(F)F)cc2)c(Cl)c1. The number of hydrogen-bond acceptors (Lipinski definition) is 0. The Morgan fingerprint density at radius 3 is 2.19 bits per heavy atom. The van der Waals surface area contributed by atoms with Crippen LogP contribution in [0.2, 0.25) is 5.02 Å². The molecule has 0 bridgehead atoms. The van der Waals surface area contributed by atoms with Crippen LogP contribution in [0.5, 0.6) is 0 Å². The van der Waals surface area contributed by atoms with Gasteiger partial charge < -0.3 is 0 Å². The van der Waals surface area contributed by atoms with Crippen LogP contribution in [0.3, 0.4) is 0 Å². The van der Waals surface area contributed by atoms with E-state index in [4.69, 9.17) is 11.6 Å². The van der Waals surface area contributed by atoms with Crippen molar-refractivity contribution in [2.75, 3.05) is 0 Å². The fraction of sp³-hybridized carbons (Fsp3) is 0.200. The molecule has 0 saturated carbocycles. The molecule has 0 aliphatic heterocycles. The van der Waals surface area contributed by atoms with Crippen molar-refractivity contribution < 1.29 is 17.6 Å². The molecular formula is C15H10BrClF4. The molecule has 0 spiro atoms. The Morgan fingerprint density at radius 2 is 1.67 bits per heavy atom. The molecule has 0 nitrogen and oxygen atoms in total. The Bertz CT molecular complexity index is 623. The molecule has 21 heavy (non-hydrogen) atoms. The zero-order valence-corrected chi connectivity index (χ0v) is 12.9.